The first-order chi connectivity index (χ1) is 8.60. The molecule has 2 N–H and O–H groups in total. The molecule has 2 rings (SSSR count). The predicted octanol–water partition coefficient (Wildman–Crippen LogP) is 1.80. The van der Waals surface area contributed by atoms with E-state index in [-0.39, 0.29) is 24.5 Å². The van der Waals surface area contributed by atoms with Crippen molar-refractivity contribution < 1.29 is 14.3 Å². The Hall–Kier alpha value is -1.68. The molecule has 0 aromatic heterocycles. The summed E-state index contributed by atoms with van der Waals surface area (Å²) in [5.41, 5.74) is 1.10. The number of hydrogen-bond donors (Lipinski definition) is 2. The molecule has 0 saturated heterocycles. The number of rotatable bonds is 3. The zero-order valence-electron chi connectivity index (χ0n) is 10.2. The van der Waals surface area contributed by atoms with Crippen molar-refractivity contribution in [3.8, 4) is 0 Å². The van der Waals surface area contributed by atoms with Crippen LogP contribution >= 0.6 is 0 Å². The number of carbonyl (C=O) groups excluding carboxylic acids is 1. The molecule has 1 aliphatic rings. The molecule has 1 amide bonds. The van der Waals surface area contributed by atoms with Gasteiger partial charge >= 0.3 is 0 Å². The summed E-state index contributed by atoms with van der Waals surface area (Å²) in [6.07, 6.45) is 4.45. The summed E-state index contributed by atoms with van der Waals surface area (Å²) in [6.45, 7) is 1.86. The third-order valence-electron chi connectivity index (χ3n) is 3.17. The van der Waals surface area contributed by atoms with E-state index in [4.69, 9.17) is 5.11 Å². The molecule has 0 aliphatic heterocycles. The van der Waals surface area contributed by atoms with Crippen LogP contribution in [0, 0.1) is 18.7 Å². The van der Waals surface area contributed by atoms with E-state index in [1.807, 2.05) is 12.2 Å². The van der Waals surface area contributed by atoms with E-state index in [1.54, 1.807) is 13.0 Å². The molecule has 0 heterocycles. The van der Waals surface area contributed by atoms with Gasteiger partial charge in [0.1, 0.15) is 5.82 Å². The fraction of sp³-hybridized carbons (Fsp3) is 0.357. The van der Waals surface area contributed by atoms with Gasteiger partial charge in [0.25, 0.3) is 5.91 Å². The summed E-state index contributed by atoms with van der Waals surface area (Å²) < 4.78 is 13.1. The average Bonchev–Trinajstić information content (AvgIpc) is 2.80. The molecule has 0 radical (unpaired) electrons. The van der Waals surface area contributed by atoms with Gasteiger partial charge in [-0.2, -0.15) is 0 Å². The standard InChI is InChI=1S/C14H16FNO2/c1-9-2-4-11(15)7-13(9)14(18)16-12-5-3-10(6-12)8-17/h2-5,7,10,12,17H,6,8H2,1H3,(H,16,18)/t10-,12+/m0/s1. The molecule has 0 unspecified atom stereocenters. The van der Waals surface area contributed by atoms with Crippen molar-refractivity contribution in [2.45, 2.75) is 19.4 Å². The average molecular weight is 249 g/mol. The maximum absolute atomic E-state index is 13.1. The first kappa shape index (κ1) is 12.8. The number of aliphatic hydroxyl groups is 1. The second-order valence-corrected chi connectivity index (χ2v) is 4.60. The molecule has 4 heteroatoms. The molecular formula is C14H16FNO2. The van der Waals surface area contributed by atoms with Crippen LogP contribution in [0.2, 0.25) is 0 Å². The van der Waals surface area contributed by atoms with Crippen molar-refractivity contribution in [3.05, 3.63) is 47.3 Å². The van der Waals surface area contributed by atoms with E-state index in [0.717, 1.165) is 5.56 Å². The second kappa shape index (κ2) is 5.31. The molecule has 96 valence electrons. The maximum Gasteiger partial charge on any atom is 0.252 e. The minimum Gasteiger partial charge on any atom is -0.396 e. The maximum atomic E-state index is 13.1. The monoisotopic (exact) mass is 249 g/mol. The van der Waals surface area contributed by atoms with E-state index in [2.05, 4.69) is 5.32 Å². The molecule has 3 nitrogen and oxygen atoms in total. The van der Waals surface area contributed by atoms with Crippen molar-refractivity contribution in [1.82, 2.24) is 5.32 Å². The Kier molecular flexibility index (Phi) is 3.77. The van der Waals surface area contributed by atoms with Gasteiger partial charge in [-0.3, -0.25) is 4.79 Å². The fourth-order valence-corrected chi connectivity index (χ4v) is 2.10. The molecular weight excluding hydrogens is 233 g/mol. The van der Waals surface area contributed by atoms with Crippen LogP contribution in [0.25, 0.3) is 0 Å². The van der Waals surface area contributed by atoms with E-state index < -0.39 is 5.82 Å². The highest BCUT2D eigenvalue weighted by molar-refractivity contribution is 5.95. The highest BCUT2D eigenvalue weighted by Crippen LogP contribution is 2.18. The summed E-state index contributed by atoms with van der Waals surface area (Å²) in [7, 11) is 0. The lowest BCUT2D eigenvalue weighted by atomic mass is 10.1. The molecule has 0 saturated carbocycles. The largest absolute Gasteiger partial charge is 0.396 e. The van der Waals surface area contributed by atoms with Crippen molar-refractivity contribution in [2.24, 2.45) is 5.92 Å². The summed E-state index contributed by atoms with van der Waals surface area (Å²) in [6, 6.07) is 4.08. The van der Waals surface area contributed by atoms with Crippen molar-refractivity contribution in [1.29, 1.82) is 0 Å². The molecule has 1 aromatic carbocycles. The normalized spacial score (nSPS) is 22.2. The van der Waals surface area contributed by atoms with Crippen LogP contribution in [0.5, 0.6) is 0 Å². The Bertz CT molecular complexity index is 485. The van der Waals surface area contributed by atoms with Gasteiger partial charge in [0.05, 0.1) is 0 Å². The van der Waals surface area contributed by atoms with Crippen LogP contribution in [-0.4, -0.2) is 23.7 Å². The van der Waals surface area contributed by atoms with Gasteiger partial charge in [-0.05, 0) is 31.0 Å². The van der Waals surface area contributed by atoms with E-state index in [0.29, 0.717) is 12.0 Å². The Morgan fingerprint density at radius 3 is 2.94 bits per heavy atom. The molecule has 2 atom stereocenters. The Balaban J connectivity index is 2.04. The number of benzene rings is 1. The van der Waals surface area contributed by atoms with E-state index in [1.165, 1.54) is 12.1 Å². The summed E-state index contributed by atoms with van der Waals surface area (Å²) >= 11 is 0. The SMILES string of the molecule is Cc1ccc(F)cc1C(=O)N[C@@H]1C=C[C@H](CO)C1. The lowest BCUT2D eigenvalue weighted by molar-refractivity contribution is 0.0940. The quantitative estimate of drug-likeness (QED) is 0.802. The molecule has 0 fully saturated rings. The molecule has 0 spiro atoms. The van der Waals surface area contributed by atoms with Gasteiger partial charge in [0.15, 0.2) is 0 Å². The third-order valence-corrected chi connectivity index (χ3v) is 3.17. The third kappa shape index (κ3) is 2.76. The number of nitrogens with one attached hydrogen (secondary N) is 1. The van der Waals surface area contributed by atoms with Gasteiger partial charge < -0.3 is 10.4 Å². The van der Waals surface area contributed by atoms with Crippen LogP contribution in [0.15, 0.2) is 30.4 Å². The first-order valence-corrected chi connectivity index (χ1v) is 5.96. The van der Waals surface area contributed by atoms with E-state index >= 15 is 0 Å². The number of hydrogen-bond acceptors (Lipinski definition) is 2. The number of carbonyl (C=O) groups is 1. The molecule has 18 heavy (non-hydrogen) atoms. The Morgan fingerprint density at radius 1 is 1.50 bits per heavy atom. The minimum absolute atomic E-state index is 0.0852. The highest BCUT2D eigenvalue weighted by atomic mass is 19.1. The summed E-state index contributed by atoms with van der Waals surface area (Å²) in [5, 5.41) is 11.8. The van der Waals surface area contributed by atoms with Crippen LogP contribution in [0.4, 0.5) is 4.39 Å². The smallest absolute Gasteiger partial charge is 0.252 e. The van der Waals surface area contributed by atoms with Crippen LogP contribution in [0.3, 0.4) is 0 Å². The number of halogens is 1. The minimum atomic E-state index is -0.416. The molecule has 1 aliphatic carbocycles. The highest BCUT2D eigenvalue weighted by Gasteiger charge is 2.21. The van der Waals surface area contributed by atoms with Gasteiger partial charge in [-0.15, -0.1) is 0 Å². The fourth-order valence-electron chi connectivity index (χ4n) is 2.10. The van der Waals surface area contributed by atoms with Crippen LogP contribution < -0.4 is 5.32 Å². The van der Waals surface area contributed by atoms with Crippen LogP contribution in [0.1, 0.15) is 22.3 Å². The van der Waals surface area contributed by atoms with Crippen molar-refractivity contribution in [3.63, 3.8) is 0 Å². The zero-order chi connectivity index (χ0) is 13.1. The summed E-state index contributed by atoms with van der Waals surface area (Å²) in [4.78, 5) is 12.0. The van der Waals surface area contributed by atoms with Crippen LogP contribution in [-0.2, 0) is 0 Å². The van der Waals surface area contributed by atoms with E-state index in [9.17, 15) is 9.18 Å². The summed E-state index contributed by atoms with van der Waals surface area (Å²) in [5.74, 6) is -0.593. The van der Waals surface area contributed by atoms with Crippen molar-refractivity contribution >= 4 is 5.91 Å². The first-order valence-electron chi connectivity index (χ1n) is 5.96. The van der Waals surface area contributed by atoms with Gasteiger partial charge in [0, 0.05) is 24.1 Å². The topological polar surface area (TPSA) is 49.3 Å². The van der Waals surface area contributed by atoms with Gasteiger partial charge in [-0.1, -0.05) is 18.2 Å². The Morgan fingerprint density at radius 2 is 2.28 bits per heavy atom. The van der Waals surface area contributed by atoms with Gasteiger partial charge in [-0.25, -0.2) is 4.39 Å². The zero-order valence-corrected chi connectivity index (χ0v) is 10.2. The number of aliphatic hydroxyl groups excluding tert-OH is 1. The number of amides is 1. The molecule has 0 bridgehead atoms. The lowest BCUT2D eigenvalue weighted by Crippen LogP contribution is -2.33. The number of aryl methyl sites for hydroxylation is 1. The van der Waals surface area contributed by atoms with Gasteiger partial charge in [0.2, 0.25) is 0 Å². The lowest BCUT2D eigenvalue weighted by Gasteiger charge is -2.13. The Labute approximate surface area is 105 Å². The predicted molar refractivity (Wildman–Crippen MR) is 66.7 cm³/mol. The molecule has 1 aromatic rings. The van der Waals surface area contributed by atoms with Crippen molar-refractivity contribution in [2.75, 3.05) is 6.61 Å². The second-order valence-electron chi connectivity index (χ2n) is 4.60.